The smallest absolute Gasteiger partial charge is 0.309 e. The van der Waals surface area contributed by atoms with Gasteiger partial charge in [0, 0.05) is 0 Å². The van der Waals surface area contributed by atoms with Gasteiger partial charge in [-0.1, -0.05) is 39.5 Å². The molecule has 1 heterocycles. The van der Waals surface area contributed by atoms with E-state index in [-0.39, 0.29) is 18.0 Å². The van der Waals surface area contributed by atoms with E-state index in [1.54, 1.807) is 0 Å². The van der Waals surface area contributed by atoms with Crippen LogP contribution in [0.2, 0.25) is 0 Å². The maximum absolute atomic E-state index is 11.8. The van der Waals surface area contributed by atoms with Crippen LogP contribution in [0.25, 0.3) is 0 Å². The monoisotopic (exact) mass is 252 g/mol. The van der Waals surface area contributed by atoms with Crippen LogP contribution in [0.1, 0.15) is 71.6 Å². The highest BCUT2D eigenvalue weighted by Crippen LogP contribution is 2.37. The molecule has 18 heavy (non-hydrogen) atoms. The molecular formula is C16H28O2. The largest absolute Gasteiger partial charge is 0.462 e. The van der Waals surface area contributed by atoms with Gasteiger partial charge in [-0.2, -0.15) is 0 Å². The van der Waals surface area contributed by atoms with Crippen LogP contribution in [0.3, 0.4) is 0 Å². The van der Waals surface area contributed by atoms with Crippen molar-refractivity contribution in [1.29, 1.82) is 0 Å². The summed E-state index contributed by atoms with van der Waals surface area (Å²) in [4.78, 5) is 11.8. The molecular weight excluding hydrogens is 224 g/mol. The van der Waals surface area contributed by atoms with E-state index in [0.717, 1.165) is 25.2 Å². The lowest BCUT2D eigenvalue weighted by atomic mass is 9.76. The molecule has 1 aliphatic carbocycles. The molecule has 2 rings (SSSR count). The Morgan fingerprint density at radius 3 is 2.33 bits per heavy atom. The zero-order valence-corrected chi connectivity index (χ0v) is 12.0. The third-order valence-corrected chi connectivity index (χ3v) is 5.01. The average Bonchev–Trinajstić information content (AvgIpc) is 2.40. The minimum absolute atomic E-state index is 0.0735. The molecule has 2 nitrogen and oxygen atoms in total. The van der Waals surface area contributed by atoms with Crippen LogP contribution in [0.5, 0.6) is 0 Å². The van der Waals surface area contributed by atoms with Gasteiger partial charge in [0.25, 0.3) is 0 Å². The zero-order valence-electron chi connectivity index (χ0n) is 12.0. The van der Waals surface area contributed by atoms with E-state index in [9.17, 15) is 4.79 Å². The lowest BCUT2D eigenvalue weighted by molar-refractivity contribution is -0.165. The molecule has 2 fully saturated rings. The lowest BCUT2D eigenvalue weighted by Gasteiger charge is -2.37. The van der Waals surface area contributed by atoms with E-state index in [1.165, 1.54) is 38.5 Å². The number of ether oxygens (including phenoxy) is 1. The van der Waals surface area contributed by atoms with Crippen molar-refractivity contribution in [3.63, 3.8) is 0 Å². The Hall–Kier alpha value is -0.530. The van der Waals surface area contributed by atoms with Gasteiger partial charge in [0.15, 0.2) is 0 Å². The molecule has 0 amide bonds. The standard InChI is InChI=1S/C16H28O2/c1-3-5-12-6-8-14(9-7-12)15-11-10-13(4-2)16(17)18-15/h12-15H,3-11H2,1-2H3. The van der Waals surface area contributed by atoms with E-state index in [4.69, 9.17) is 4.74 Å². The van der Waals surface area contributed by atoms with Gasteiger partial charge in [0.2, 0.25) is 0 Å². The third kappa shape index (κ3) is 3.27. The van der Waals surface area contributed by atoms with Gasteiger partial charge in [-0.15, -0.1) is 0 Å². The molecule has 0 bridgehead atoms. The van der Waals surface area contributed by atoms with Crippen LogP contribution >= 0.6 is 0 Å². The average molecular weight is 252 g/mol. The Labute approximate surface area is 111 Å². The molecule has 2 unspecified atom stereocenters. The van der Waals surface area contributed by atoms with Crippen LogP contribution in [-0.2, 0) is 9.53 Å². The molecule has 1 saturated heterocycles. The highest BCUT2D eigenvalue weighted by atomic mass is 16.5. The number of hydrogen-bond donors (Lipinski definition) is 0. The van der Waals surface area contributed by atoms with Crippen molar-refractivity contribution in [3.8, 4) is 0 Å². The Kier molecular flexibility index (Phi) is 5.08. The van der Waals surface area contributed by atoms with Crippen LogP contribution in [0.4, 0.5) is 0 Å². The van der Waals surface area contributed by atoms with Crippen molar-refractivity contribution in [2.75, 3.05) is 0 Å². The normalized spacial score (nSPS) is 37.3. The Balaban J connectivity index is 1.78. The van der Waals surface area contributed by atoms with Gasteiger partial charge >= 0.3 is 5.97 Å². The fourth-order valence-electron chi connectivity index (χ4n) is 3.75. The minimum Gasteiger partial charge on any atom is -0.462 e. The molecule has 1 aliphatic heterocycles. The van der Waals surface area contributed by atoms with Gasteiger partial charge < -0.3 is 4.74 Å². The quantitative estimate of drug-likeness (QED) is 0.696. The topological polar surface area (TPSA) is 26.3 Å². The Bertz CT molecular complexity index is 266. The predicted molar refractivity (Wildman–Crippen MR) is 73.3 cm³/mol. The van der Waals surface area contributed by atoms with Crippen LogP contribution in [0, 0.1) is 17.8 Å². The third-order valence-electron chi connectivity index (χ3n) is 5.01. The lowest BCUT2D eigenvalue weighted by Crippen LogP contribution is -2.37. The molecule has 0 aromatic rings. The summed E-state index contributed by atoms with van der Waals surface area (Å²) in [5.74, 6) is 1.84. The molecule has 0 aromatic carbocycles. The van der Waals surface area contributed by atoms with Crippen molar-refractivity contribution in [1.82, 2.24) is 0 Å². The summed E-state index contributed by atoms with van der Waals surface area (Å²) >= 11 is 0. The summed E-state index contributed by atoms with van der Waals surface area (Å²) in [6.45, 7) is 4.36. The van der Waals surface area contributed by atoms with E-state index in [2.05, 4.69) is 13.8 Å². The van der Waals surface area contributed by atoms with Gasteiger partial charge in [0.05, 0.1) is 5.92 Å². The first-order valence-electron chi connectivity index (χ1n) is 7.95. The number of carbonyl (C=O) groups is 1. The maximum Gasteiger partial charge on any atom is 0.309 e. The summed E-state index contributed by atoms with van der Waals surface area (Å²) in [5.41, 5.74) is 0. The van der Waals surface area contributed by atoms with Gasteiger partial charge in [0.1, 0.15) is 6.10 Å². The summed E-state index contributed by atoms with van der Waals surface area (Å²) in [5, 5.41) is 0. The first kappa shape index (κ1) is 13.9. The molecule has 0 aromatic heterocycles. The van der Waals surface area contributed by atoms with Gasteiger partial charge in [-0.25, -0.2) is 0 Å². The van der Waals surface area contributed by atoms with Gasteiger partial charge in [-0.3, -0.25) is 4.79 Å². The van der Waals surface area contributed by atoms with E-state index >= 15 is 0 Å². The Morgan fingerprint density at radius 2 is 1.78 bits per heavy atom. The first-order chi connectivity index (χ1) is 8.74. The number of hydrogen-bond acceptors (Lipinski definition) is 2. The van der Waals surface area contributed by atoms with Crippen molar-refractivity contribution in [2.45, 2.75) is 77.7 Å². The van der Waals surface area contributed by atoms with E-state index < -0.39 is 0 Å². The van der Waals surface area contributed by atoms with Crippen molar-refractivity contribution in [2.24, 2.45) is 17.8 Å². The SMILES string of the molecule is CCCC1CCC(C2CCC(CC)C(=O)O2)CC1. The summed E-state index contributed by atoms with van der Waals surface area (Å²) < 4.78 is 5.69. The van der Waals surface area contributed by atoms with Gasteiger partial charge in [-0.05, 0) is 43.9 Å². The number of esters is 1. The molecule has 0 N–H and O–H groups in total. The summed E-state index contributed by atoms with van der Waals surface area (Å²) in [6, 6.07) is 0. The molecule has 0 radical (unpaired) electrons. The molecule has 1 saturated carbocycles. The Morgan fingerprint density at radius 1 is 1.06 bits per heavy atom. The molecule has 2 heteroatoms. The molecule has 2 aliphatic rings. The van der Waals surface area contributed by atoms with Crippen molar-refractivity contribution < 1.29 is 9.53 Å². The minimum atomic E-state index is 0.0735. The second-order valence-corrected chi connectivity index (χ2v) is 6.23. The van der Waals surface area contributed by atoms with Crippen LogP contribution in [-0.4, -0.2) is 12.1 Å². The highest BCUT2D eigenvalue weighted by Gasteiger charge is 2.35. The first-order valence-corrected chi connectivity index (χ1v) is 7.95. The fraction of sp³-hybridized carbons (Fsp3) is 0.938. The fourth-order valence-corrected chi connectivity index (χ4v) is 3.75. The molecule has 104 valence electrons. The zero-order chi connectivity index (χ0) is 13.0. The summed E-state index contributed by atoms with van der Waals surface area (Å²) in [6.07, 6.45) is 11.3. The van der Waals surface area contributed by atoms with Crippen LogP contribution < -0.4 is 0 Å². The second kappa shape index (κ2) is 6.58. The summed E-state index contributed by atoms with van der Waals surface area (Å²) in [7, 11) is 0. The number of rotatable bonds is 4. The van der Waals surface area contributed by atoms with Crippen molar-refractivity contribution >= 4 is 5.97 Å². The molecule has 0 spiro atoms. The predicted octanol–water partition coefficient (Wildman–Crippen LogP) is 4.32. The number of cyclic esters (lactones) is 1. The molecule has 2 atom stereocenters. The maximum atomic E-state index is 11.8. The van der Waals surface area contributed by atoms with E-state index in [0.29, 0.717) is 5.92 Å². The second-order valence-electron chi connectivity index (χ2n) is 6.23. The van der Waals surface area contributed by atoms with Crippen molar-refractivity contribution in [3.05, 3.63) is 0 Å². The van der Waals surface area contributed by atoms with Crippen LogP contribution in [0.15, 0.2) is 0 Å². The number of carbonyl (C=O) groups excluding carboxylic acids is 1. The highest BCUT2D eigenvalue weighted by molar-refractivity contribution is 5.73. The van der Waals surface area contributed by atoms with E-state index in [1.807, 2.05) is 0 Å².